The van der Waals surface area contributed by atoms with Crippen LogP contribution in [0.15, 0.2) is 24.3 Å². The van der Waals surface area contributed by atoms with Crippen LogP contribution in [0.5, 0.6) is 0 Å². The number of benzene rings is 1. The van der Waals surface area contributed by atoms with Crippen molar-refractivity contribution in [3.05, 3.63) is 47.0 Å². The van der Waals surface area contributed by atoms with E-state index < -0.39 is 23.4 Å². The molecule has 0 unspecified atom stereocenters. The van der Waals surface area contributed by atoms with E-state index in [9.17, 15) is 22.0 Å². The minimum atomic E-state index is -5.03. The molecule has 1 aromatic rings. The Labute approximate surface area is 182 Å². The Hall–Kier alpha value is -1.83. The van der Waals surface area contributed by atoms with E-state index in [4.69, 9.17) is 0 Å². The molecule has 2 aliphatic rings. The molecular weight excluding hydrogens is 407 g/mol. The van der Waals surface area contributed by atoms with Crippen molar-refractivity contribution in [3.8, 4) is 11.8 Å². The van der Waals surface area contributed by atoms with Crippen LogP contribution in [0.1, 0.15) is 88.2 Å². The second-order valence-corrected chi connectivity index (χ2v) is 9.12. The number of allylic oxidation sites excluding steroid dienone is 2. The van der Waals surface area contributed by atoms with Crippen LogP contribution < -0.4 is 0 Å². The summed E-state index contributed by atoms with van der Waals surface area (Å²) in [5, 5.41) is 0. The summed E-state index contributed by atoms with van der Waals surface area (Å²) < 4.78 is 66.0. The van der Waals surface area contributed by atoms with Crippen LogP contribution >= 0.6 is 0 Å². The fraction of sp³-hybridized carbons (Fsp3) is 0.615. The van der Waals surface area contributed by atoms with Gasteiger partial charge in [0.2, 0.25) is 0 Å². The molecular formula is C26H31F5. The Morgan fingerprint density at radius 3 is 2.10 bits per heavy atom. The van der Waals surface area contributed by atoms with Crippen molar-refractivity contribution in [2.75, 3.05) is 0 Å². The Kier molecular flexibility index (Phi) is 8.19. The van der Waals surface area contributed by atoms with Crippen molar-refractivity contribution in [3.63, 3.8) is 0 Å². The van der Waals surface area contributed by atoms with E-state index in [1.165, 1.54) is 38.5 Å². The first kappa shape index (κ1) is 23.8. The molecule has 2 fully saturated rings. The Morgan fingerprint density at radius 2 is 1.55 bits per heavy atom. The standard InChI is InChI=1S/C26H31F5/c1-2-5-18-8-10-19(11-9-18)6-3-4-7-20-12-14-21(15-13-20)22-16-23(27)25(24(28)17-22)26(29,30)31/h3,6,16-21H,2,5,8-15H2,1H3/b6-3+. The second kappa shape index (κ2) is 10.7. The summed E-state index contributed by atoms with van der Waals surface area (Å²) in [6, 6.07) is 1.70. The third-order valence-electron chi connectivity index (χ3n) is 6.87. The van der Waals surface area contributed by atoms with E-state index in [1.54, 1.807) is 0 Å². The number of hydrogen-bond donors (Lipinski definition) is 0. The molecule has 0 radical (unpaired) electrons. The highest BCUT2D eigenvalue weighted by molar-refractivity contribution is 5.31. The Balaban J connectivity index is 1.49. The van der Waals surface area contributed by atoms with E-state index >= 15 is 0 Å². The predicted octanol–water partition coefficient (Wildman–Crippen LogP) is 8.42. The molecule has 2 aliphatic carbocycles. The maximum atomic E-state index is 13.9. The van der Waals surface area contributed by atoms with E-state index in [0.29, 0.717) is 24.3 Å². The van der Waals surface area contributed by atoms with Crippen LogP contribution in [-0.2, 0) is 6.18 Å². The zero-order valence-corrected chi connectivity index (χ0v) is 18.1. The minimum absolute atomic E-state index is 0.127. The van der Waals surface area contributed by atoms with E-state index in [-0.39, 0.29) is 11.8 Å². The van der Waals surface area contributed by atoms with Crippen molar-refractivity contribution in [1.82, 2.24) is 0 Å². The predicted molar refractivity (Wildman–Crippen MR) is 113 cm³/mol. The van der Waals surface area contributed by atoms with Gasteiger partial charge < -0.3 is 0 Å². The zero-order chi connectivity index (χ0) is 22.4. The largest absolute Gasteiger partial charge is 0.422 e. The molecule has 5 heteroatoms. The van der Waals surface area contributed by atoms with Crippen LogP contribution in [-0.4, -0.2) is 0 Å². The molecule has 31 heavy (non-hydrogen) atoms. The van der Waals surface area contributed by atoms with Gasteiger partial charge in [-0.3, -0.25) is 0 Å². The average Bonchev–Trinajstić information content (AvgIpc) is 2.71. The molecule has 1 aromatic carbocycles. The van der Waals surface area contributed by atoms with E-state index in [0.717, 1.165) is 30.9 Å². The lowest BCUT2D eigenvalue weighted by Crippen LogP contribution is -2.15. The zero-order valence-electron chi connectivity index (χ0n) is 18.1. The molecule has 170 valence electrons. The number of rotatable bonds is 4. The summed E-state index contributed by atoms with van der Waals surface area (Å²) in [5.74, 6) is 5.00. The van der Waals surface area contributed by atoms with Crippen LogP contribution in [0, 0.1) is 41.2 Å². The van der Waals surface area contributed by atoms with Crippen LogP contribution in [0.25, 0.3) is 0 Å². The van der Waals surface area contributed by atoms with Gasteiger partial charge in [-0.1, -0.05) is 37.7 Å². The molecule has 0 aromatic heterocycles. The number of alkyl halides is 3. The van der Waals surface area contributed by atoms with Crippen molar-refractivity contribution >= 4 is 0 Å². The van der Waals surface area contributed by atoms with Gasteiger partial charge in [0.15, 0.2) is 0 Å². The highest BCUT2D eigenvalue weighted by atomic mass is 19.4. The fourth-order valence-electron chi connectivity index (χ4n) is 5.10. The van der Waals surface area contributed by atoms with E-state index in [2.05, 4.69) is 24.8 Å². The lowest BCUT2D eigenvalue weighted by atomic mass is 9.78. The summed E-state index contributed by atoms with van der Waals surface area (Å²) in [6.45, 7) is 2.25. The molecule has 0 bridgehead atoms. The van der Waals surface area contributed by atoms with Crippen LogP contribution in [0.3, 0.4) is 0 Å². The first-order valence-corrected chi connectivity index (χ1v) is 11.5. The van der Waals surface area contributed by atoms with Crippen molar-refractivity contribution < 1.29 is 22.0 Å². The fourth-order valence-corrected chi connectivity index (χ4v) is 5.10. The van der Waals surface area contributed by atoms with Crippen molar-refractivity contribution in [2.24, 2.45) is 17.8 Å². The molecule has 0 aliphatic heterocycles. The third kappa shape index (κ3) is 6.57. The summed E-state index contributed by atoms with van der Waals surface area (Å²) in [7, 11) is 0. The van der Waals surface area contributed by atoms with Gasteiger partial charge in [0.25, 0.3) is 0 Å². The normalized spacial score (nSPS) is 27.2. The summed E-state index contributed by atoms with van der Waals surface area (Å²) >= 11 is 0. The molecule has 0 heterocycles. The Bertz CT molecular complexity index is 787. The lowest BCUT2D eigenvalue weighted by molar-refractivity contribution is -0.142. The topological polar surface area (TPSA) is 0 Å². The molecule has 0 atom stereocenters. The molecule has 2 saturated carbocycles. The highest BCUT2D eigenvalue weighted by Gasteiger charge is 2.38. The molecule has 0 spiro atoms. The van der Waals surface area contributed by atoms with Crippen molar-refractivity contribution in [1.29, 1.82) is 0 Å². The van der Waals surface area contributed by atoms with Crippen LogP contribution in [0.2, 0.25) is 0 Å². The average molecular weight is 439 g/mol. The number of hydrogen-bond acceptors (Lipinski definition) is 0. The van der Waals surface area contributed by atoms with Gasteiger partial charge in [-0.2, -0.15) is 13.2 Å². The van der Waals surface area contributed by atoms with Gasteiger partial charge >= 0.3 is 6.18 Å². The highest BCUT2D eigenvalue weighted by Crippen LogP contribution is 2.39. The van der Waals surface area contributed by atoms with Crippen LogP contribution in [0.4, 0.5) is 22.0 Å². The second-order valence-electron chi connectivity index (χ2n) is 9.12. The van der Waals surface area contributed by atoms with E-state index in [1.807, 2.05) is 6.08 Å². The molecule has 0 amide bonds. The molecule has 3 rings (SSSR count). The summed E-state index contributed by atoms with van der Waals surface area (Å²) in [4.78, 5) is 0. The monoisotopic (exact) mass is 438 g/mol. The molecule has 0 N–H and O–H groups in total. The summed E-state index contributed by atoms with van der Waals surface area (Å²) in [6.07, 6.45) is 9.82. The first-order chi connectivity index (χ1) is 14.8. The van der Waals surface area contributed by atoms with Crippen molar-refractivity contribution in [2.45, 2.75) is 83.2 Å². The van der Waals surface area contributed by atoms with Gasteiger partial charge in [-0.25, -0.2) is 8.78 Å². The van der Waals surface area contributed by atoms with Gasteiger partial charge in [0.1, 0.15) is 17.2 Å². The summed E-state index contributed by atoms with van der Waals surface area (Å²) in [5.41, 5.74) is -1.49. The minimum Gasteiger partial charge on any atom is -0.206 e. The third-order valence-corrected chi connectivity index (χ3v) is 6.87. The first-order valence-electron chi connectivity index (χ1n) is 11.5. The molecule has 0 nitrogen and oxygen atoms in total. The maximum Gasteiger partial charge on any atom is 0.422 e. The smallest absolute Gasteiger partial charge is 0.206 e. The Morgan fingerprint density at radius 1 is 0.935 bits per heavy atom. The lowest BCUT2D eigenvalue weighted by Gasteiger charge is -2.26. The van der Waals surface area contributed by atoms with Gasteiger partial charge in [-0.15, -0.1) is 0 Å². The van der Waals surface area contributed by atoms with Gasteiger partial charge in [0, 0.05) is 5.92 Å². The SMILES string of the molecule is CCCC1CCC(/C=C/C#CC2CCC(c3cc(F)c(C(F)(F)F)c(F)c3)CC2)CC1. The quantitative estimate of drug-likeness (QED) is 0.327. The number of halogens is 5. The maximum absolute atomic E-state index is 13.9. The van der Waals surface area contributed by atoms with Gasteiger partial charge in [0.05, 0.1) is 0 Å². The molecule has 0 saturated heterocycles. The van der Waals surface area contributed by atoms with Gasteiger partial charge in [-0.05, 0) is 92.9 Å².